The summed E-state index contributed by atoms with van der Waals surface area (Å²) in [7, 11) is 0. The largest absolute Gasteiger partial charge is 0.461 e. The van der Waals surface area contributed by atoms with Gasteiger partial charge in [0, 0.05) is 19.5 Å². The fourth-order valence-corrected chi connectivity index (χ4v) is 2.24. The van der Waals surface area contributed by atoms with Crippen molar-refractivity contribution in [1.82, 2.24) is 19.5 Å². The Morgan fingerprint density at radius 2 is 2.15 bits per heavy atom. The molecule has 106 valence electrons. The maximum absolute atomic E-state index is 11.3. The lowest BCUT2D eigenvalue weighted by Gasteiger charge is -2.23. The second-order valence-electron chi connectivity index (χ2n) is 5.31. The number of rotatable bonds is 3. The fourth-order valence-electron chi connectivity index (χ4n) is 2.24. The topological polar surface area (TPSA) is 76.5 Å². The zero-order valence-corrected chi connectivity index (χ0v) is 11.6. The van der Waals surface area contributed by atoms with Gasteiger partial charge in [-0.25, -0.2) is 4.79 Å². The Hall–Kier alpha value is -2.18. The number of anilines is 1. The maximum Gasteiger partial charge on any atom is 0.461 e. The summed E-state index contributed by atoms with van der Waals surface area (Å²) in [6, 6.07) is 0. The molecule has 2 aromatic rings. The Morgan fingerprint density at radius 1 is 1.30 bits per heavy atom. The lowest BCUT2D eigenvalue weighted by Crippen LogP contribution is -2.29. The molecule has 1 aliphatic heterocycles. The molecule has 0 atom stereocenters. The molecule has 7 nitrogen and oxygen atoms in total. The molecule has 0 spiro atoms. The number of aromatic nitrogens is 4. The van der Waals surface area contributed by atoms with E-state index in [9.17, 15) is 4.79 Å². The molecule has 0 aliphatic carbocycles. The first-order valence-corrected chi connectivity index (χ1v) is 6.80. The van der Waals surface area contributed by atoms with Crippen molar-refractivity contribution in [3.8, 4) is 0 Å². The van der Waals surface area contributed by atoms with Crippen LogP contribution in [-0.2, 0) is 6.42 Å². The van der Waals surface area contributed by atoms with Crippen molar-refractivity contribution >= 4 is 11.7 Å². The SMILES string of the molecule is CC(C)Cc1nc(N2CC=CCC2)nc2nc(=O)on12. The Morgan fingerprint density at radius 3 is 2.85 bits per heavy atom. The van der Waals surface area contributed by atoms with E-state index >= 15 is 0 Å². The van der Waals surface area contributed by atoms with Gasteiger partial charge in [-0.2, -0.15) is 9.97 Å². The van der Waals surface area contributed by atoms with Crippen molar-refractivity contribution < 1.29 is 4.52 Å². The zero-order chi connectivity index (χ0) is 14.1. The van der Waals surface area contributed by atoms with E-state index in [0.29, 0.717) is 24.1 Å². The summed E-state index contributed by atoms with van der Waals surface area (Å²) in [5.41, 5.74) is 0. The molecule has 3 heterocycles. The van der Waals surface area contributed by atoms with Gasteiger partial charge in [-0.05, 0) is 12.3 Å². The Labute approximate surface area is 115 Å². The lowest BCUT2D eigenvalue weighted by molar-refractivity contribution is 0.323. The second kappa shape index (κ2) is 5.07. The third-order valence-corrected chi connectivity index (χ3v) is 3.14. The minimum absolute atomic E-state index is 0.283. The zero-order valence-electron chi connectivity index (χ0n) is 11.6. The van der Waals surface area contributed by atoms with Crippen molar-refractivity contribution in [1.29, 1.82) is 0 Å². The van der Waals surface area contributed by atoms with Crippen LogP contribution < -0.4 is 10.7 Å². The standard InChI is InChI=1S/C13H17N5O2/c1-9(2)8-10-14-11(17-6-4-3-5-7-17)15-12-16-13(19)20-18(10)12/h3-4,9H,5-8H2,1-2H3. The van der Waals surface area contributed by atoms with E-state index in [2.05, 4.69) is 45.9 Å². The maximum atomic E-state index is 11.3. The van der Waals surface area contributed by atoms with Crippen LogP contribution in [0.3, 0.4) is 0 Å². The Balaban J connectivity index is 2.08. The van der Waals surface area contributed by atoms with Gasteiger partial charge in [-0.1, -0.05) is 26.0 Å². The van der Waals surface area contributed by atoms with Crippen molar-refractivity contribution in [3.05, 3.63) is 28.5 Å². The first-order valence-electron chi connectivity index (χ1n) is 6.80. The summed E-state index contributed by atoms with van der Waals surface area (Å²) >= 11 is 0. The number of hydrogen-bond acceptors (Lipinski definition) is 6. The summed E-state index contributed by atoms with van der Waals surface area (Å²) in [4.78, 5) is 26.1. The van der Waals surface area contributed by atoms with Crippen LogP contribution in [0.4, 0.5) is 5.95 Å². The van der Waals surface area contributed by atoms with Gasteiger partial charge in [-0.15, -0.1) is 9.56 Å². The summed E-state index contributed by atoms with van der Waals surface area (Å²) in [6.45, 7) is 5.83. The van der Waals surface area contributed by atoms with E-state index in [1.165, 1.54) is 4.57 Å². The van der Waals surface area contributed by atoms with E-state index in [0.717, 1.165) is 19.5 Å². The predicted molar refractivity (Wildman–Crippen MR) is 73.8 cm³/mol. The molecule has 1 aliphatic rings. The first-order chi connectivity index (χ1) is 9.63. The average molecular weight is 275 g/mol. The van der Waals surface area contributed by atoms with E-state index in [1.807, 2.05) is 0 Å². The van der Waals surface area contributed by atoms with Crippen LogP contribution in [0, 0.1) is 5.92 Å². The van der Waals surface area contributed by atoms with Gasteiger partial charge in [-0.3, -0.25) is 0 Å². The van der Waals surface area contributed by atoms with E-state index < -0.39 is 5.76 Å². The van der Waals surface area contributed by atoms with Crippen molar-refractivity contribution in [2.45, 2.75) is 26.7 Å². The second-order valence-corrected chi connectivity index (χ2v) is 5.31. The highest BCUT2D eigenvalue weighted by molar-refractivity contribution is 5.39. The third-order valence-electron chi connectivity index (χ3n) is 3.14. The highest BCUT2D eigenvalue weighted by atomic mass is 16.5. The number of fused-ring (bicyclic) bond motifs is 1. The molecule has 0 fully saturated rings. The van der Waals surface area contributed by atoms with E-state index in [-0.39, 0.29) is 5.78 Å². The van der Waals surface area contributed by atoms with Gasteiger partial charge in [0.15, 0.2) is 5.82 Å². The molecule has 0 saturated heterocycles. The molecule has 7 heteroatoms. The van der Waals surface area contributed by atoms with Gasteiger partial charge in [0.1, 0.15) is 0 Å². The summed E-state index contributed by atoms with van der Waals surface area (Å²) < 4.78 is 6.37. The highest BCUT2D eigenvalue weighted by Crippen LogP contribution is 2.15. The van der Waals surface area contributed by atoms with Crippen LogP contribution in [0.25, 0.3) is 5.78 Å². The summed E-state index contributed by atoms with van der Waals surface area (Å²) in [5, 5.41) is 0. The van der Waals surface area contributed by atoms with Gasteiger partial charge >= 0.3 is 5.76 Å². The first kappa shape index (κ1) is 12.8. The van der Waals surface area contributed by atoms with Crippen LogP contribution in [0.1, 0.15) is 26.1 Å². The highest BCUT2D eigenvalue weighted by Gasteiger charge is 2.17. The lowest BCUT2D eigenvalue weighted by atomic mass is 10.1. The van der Waals surface area contributed by atoms with Crippen LogP contribution >= 0.6 is 0 Å². The Bertz CT molecular complexity index is 700. The molecule has 20 heavy (non-hydrogen) atoms. The Kier molecular flexibility index (Phi) is 3.25. The minimum atomic E-state index is -0.639. The van der Waals surface area contributed by atoms with Crippen LogP contribution in [0.5, 0.6) is 0 Å². The van der Waals surface area contributed by atoms with Crippen molar-refractivity contribution in [2.75, 3.05) is 18.0 Å². The molecular formula is C13H17N5O2. The molecule has 0 saturated carbocycles. The van der Waals surface area contributed by atoms with Gasteiger partial charge < -0.3 is 9.42 Å². The van der Waals surface area contributed by atoms with Crippen LogP contribution in [0.2, 0.25) is 0 Å². The van der Waals surface area contributed by atoms with Crippen molar-refractivity contribution in [2.24, 2.45) is 5.92 Å². The molecule has 0 amide bonds. The average Bonchev–Trinajstić information content (AvgIpc) is 2.80. The van der Waals surface area contributed by atoms with Gasteiger partial charge in [0.25, 0.3) is 5.78 Å². The smallest absolute Gasteiger partial charge is 0.337 e. The van der Waals surface area contributed by atoms with Crippen LogP contribution in [-0.4, -0.2) is 32.6 Å². The van der Waals surface area contributed by atoms with E-state index in [4.69, 9.17) is 4.52 Å². The molecule has 0 bridgehead atoms. The molecule has 0 aromatic carbocycles. The minimum Gasteiger partial charge on any atom is -0.337 e. The van der Waals surface area contributed by atoms with E-state index in [1.54, 1.807) is 0 Å². The number of hydrogen-bond donors (Lipinski definition) is 0. The molecule has 2 aromatic heterocycles. The molecule has 0 radical (unpaired) electrons. The molecule has 0 N–H and O–H groups in total. The quantitative estimate of drug-likeness (QED) is 0.779. The molecule has 0 unspecified atom stereocenters. The predicted octanol–water partition coefficient (Wildman–Crippen LogP) is 1.04. The normalized spacial score (nSPS) is 15.4. The molecule has 3 rings (SSSR count). The van der Waals surface area contributed by atoms with Gasteiger partial charge in [0.2, 0.25) is 5.95 Å². The fraction of sp³-hybridized carbons (Fsp3) is 0.538. The van der Waals surface area contributed by atoms with Gasteiger partial charge in [0.05, 0.1) is 0 Å². The number of nitrogens with zero attached hydrogens (tertiary/aromatic N) is 5. The third kappa shape index (κ3) is 2.43. The van der Waals surface area contributed by atoms with Crippen LogP contribution in [0.15, 0.2) is 21.5 Å². The monoisotopic (exact) mass is 275 g/mol. The summed E-state index contributed by atoms with van der Waals surface area (Å²) in [5.74, 6) is 1.34. The molecular weight excluding hydrogens is 258 g/mol. The summed E-state index contributed by atoms with van der Waals surface area (Å²) in [6.07, 6.45) is 5.91. The van der Waals surface area contributed by atoms with Crippen molar-refractivity contribution in [3.63, 3.8) is 0 Å².